The molecule has 3 heteroatoms. The van der Waals surface area contributed by atoms with Gasteiger partial charge in [-0.25, -0.2) is 0 Å². The molecule has 7 aromatic rings. The lowest BCUT2D eigenvalue weighted by Crippen LogP contribution is -2.38. The predicted molar refractivity (Wildman–Crippen MR) is 158 cm³/mol. The molecule has 7 rings (SSSR count). The highest BCUT2D eigenvalue weighted by atomic mass is 28.3. The molecular formula is C33H28N2Si. The third-order valence-electron chi connectivity index (χ3n) is 7.45. The van der Waals surface area contributed by atoms with Crippen LogP contribution in [-0.4, -0.2) is 17.2 Å². The van der Waals surface area contributed by atoms with Crippen molar-refractivity contribution in [3.63, 3.8) is 0 Å². The Kier molecular flexibility index (Phi) is 4.54. The van der Waals surface area contributed by atoms with Crippen LogP contribution in [0, 0.1) is 0 Å². The molecule has 0 aliphatic rings. The standard InChI is InChI=1S/C33H28N2Si/c1-36(2,3)25-21-23(34-30-16-8-4-12-26(30)27-13-5-9-17-31(27)34)20-24(22-25)35-32-18-10-6-14-28(32)29-15-7-11-19-33(29)35/h4-22H,1-3H3. The van der Waals surface area contributed by atoms with Crippen LogP contribution in [0.4, 0.5) is 0 Å². The van der Waals surface area contributed by atoms with E-state index in [9.17, 15) is 0 Å². The Hall–Kier alpha value is -4.08. The molecule has 2 heterocycles. The average Bonchev–Trinajstić information content (AvgIpc) is 3.41. The lowest BCUT2D eigenvalue weighted by Gasteiger charge is -2.21. The summed E-state index contributed by atoms with van der Waals surface area (Å²) in [6.45, 7) is 7.31. The van der Waals surface area contributed by atoms with Crippen molar-refractivity contribution in [1.29, 1.82) is 0 Å². The van der Waals surface area contributed by atoms with E-state index in [1.165, 1.54) is 60.2 Å². The fourth-order valence-electron chi connectivity index (χ4n) is 5.69. The lowest BCUT2D eigenvalue weighted by molar-refractivity contribution is 1.14. The molecule has 0 spiro atoms. The summed E-state index contributed by atoms with van der Waals surface area (Å²) in [5.74, 6) is 0. The molecule has 0 aliphatic heterocycles. The van der Waals surface area contributed by atoms with E-state index in [4.69, 9.17) is 0 Å². The molecule has 36 heavy (non-hydrogen) atoms. The number of fused-ring (bicyclic) bond motifs is 6. The number of rotatable bonds is 3. The van der Waals surface area contributed by atoms with Gasteiger partial charge in [-0.2, -0.15) is 0 Å². The van der Waals surface area contributed by atoms with E-state index in [0.29, 0.717) is 0 Å². The largest absolute Gasteiger partial charge is 0.309 e. The Balaban J connectivity index is 1.62. The van der Waals surface area contributed by atoms with Gasteiger partial charge >= 0.3 is 0 Å². The summed E-state index contributed by atoms with van der Waals surface area (Å²) in [6.07, 6.45) is 0. The highest BCUT2D eigenvalue weighted by Gasteiger charge is 2.21. The molecule has 2 aromatic heterocycles. The van der Waals surface area contributed by atoms with Crippen molar-refractivity contribution in [1.82, 2.24) is 9.13 Å². The maximum absolute atomic E-state index is 2.45. The minimum absolute atomic E-state index is 1.23. The first kappa shape index (κ1) is 21.2. The molecule has 174 valence electrons. The molecule has 0 amide bonds. The Morgan fingerprint density at radius 1 is 0.417 bits per heavy atom. The van der Waals surface area contributed by atoms with Gasteiger partial charge in [-0.1, -0.05) is 97.6 Å². The van der Waals surface area contributed by atoms with Gasteiger partial charge in [-0.15, -0.1) is 0 Å². The molecule has 2 nitrogen and oxygen atoms in total. The monoisotopic (exact) mass is 480 g/mol. The van der Waals surface area contributed by atoms with Gasteiger partial charge in [0.2, 0.25) is 0 Å². The highest BCUT2D eigenvalue weighted by Crippen LogP contribution is 2.35. The maximum Gasteiger partial charge on any atom is 0.0777 e. The quantitative estimate of drug-likeness (QED) is 0.225. The van der Waals surface area contributed by atoms with Gasteiger partial charge in [-0.3, -0.25) is 0 Å². The van der Waals surface area contributed by atoms with Crippen molar-refractivity contribution in [2.75, 3.05) is 0 Å². The lowest BCUT2D eigenvalue weighted by atomic mass is 10.2. The minimum atomic E-state index is -1.62. The van der Waals surface area contributed by atoms with Crippen molar-refractivity contribution in [3.05, 3.63) is 115 Å². The van der Waals surface area contributed by atoms with Gasteiger partial charge in [0.05, 0.1) is 30.1 Å². The summed E-state index contributed by atoms with van der Waals surface area (Å²) in [7, 11) is -1.62. The van der Waals surface area contributed by atoms with Gasteiger partial charge in [0.1, 0.15) is 0 Å². The van der Waals surface area contributed by atoms with Crippen LogP contribution in [0.5, 0.6) is 0 Å². The number of hydrogen-bond donors (Lipinski definition) is 0. The van der Waals surface area contributed by atoms with Crippen molar-refractivity contribution in [2.45, 2.75) is 19.6 Å². The molecule has 5 aromatic carbocycles. The summed E-state index contributed by atoms with van der Waals surface area (Å²) in [5.41, 5.74) is 7.45. The Morgan fingerprint density at radius 3 is 1.03 bits per heavy atom. The molecule has 0 saturated carbocycles. The van der Waals surface area contributed by atoms with Crippen LogP contribution in [0.1, 0.15) is 0 Å². The predicted octanol–water partition coefficient (Wildman–Crippen LogP) is 8.43. The minimum Gasteiger partial charge on any atom is -0.309 e. The first-order chi connectivity index (χ1) is 17.5. The number of benzene rings is 5. The summed E-state index contributed by atoms with van der Waals surface area (Å²) in [5, 5.41) is 6.64. The Bertz CT molecular complexity index is 1690. The molecule has 0 saturated heterocycles. The molecule has 0 fully saturated rings. The molecular weight excluding hydrogens is 452 g/mol. The summed E-state index contributed by atoms with van der Waals surface area (Å²) >= 11 is 0. The second-order valence-electron chi connectivity index (χ2n) is 10.7. The molecule has 0 atom stereocenters. The van der Waals surface area contributed by atoms with E-state index in [-0.39, 0.29) is 0 Å². The van der Waals surface area contributed by atoms with Crippen LogP contribution in [0.15, 0.2) is 115 Å². The van der Waals surface area contributed by atoms with Crippen molar-refractivity contribution in [2.24, 2.45) is 0 Å². The maximum atomic E-state index is 2.45. The third kappa shape index (κ3) is 3.09. The van der Waals surface area contributed by atoms with Crippen LogP contribution in [0.2, 0.25) is 19.6 Å². The molecule has 0 bridgehead atoms. The first-order valence-electron chi connectivity index (χ1n) is 12.6. The van der Waals surface area contributed by atoms with Crippen LogP contribution in [0.25, 0.3) is 55.0 Å². The van der Waals surface area contributed by atoms with E-state index in [2.05, 4.69) is 144 Å². The topological polar surface area (TPSA) is 9.86 Å². The third-order valence-corrected chi connectivity index (χ3v) is 9.47. The van der Waals surface area contributed by atoms with E-state index in [1.807, 2.05) is 0 Å². The second kappa shape index (κ2) is 7.71. The zero-order valence-electron chi connectivity index (χ0n) is 20.9. The van der Waals surface area contributed by atoms with Crippen molar-refractivity contribution in [3.8, 4) is 11.4 Å². The molecule has 0 radical (unpaired) electrons. The molecule has 0 N–H and O–H groups in total. The normalized spacial score (nSPS) is 12.3. The van der Waals surface area contributed by atoms with Gasteiger partial charge in [0, 0.05) is 32.9 Å². The van der Waals surface area contributed by atoms with E-state index < -0.39 is 8.07 Å². The smallest absolute Gasteiger partial charge is 0.0777 e. The number of para-hydroxylation sites is 4. The Labute approximate surface area is 212 Å². The zero-order chi connectivity index (χ0) is 24.4. The van der Waals surface area contributed by atoms with Crippen LogP contribution in [-0.2, 0) is 0 Å². The van der Waals surface area contributed by atoms with E-state index in [1.54, 1.807) is 0 Å². The number of aromatic nitrogens is 2. The van der Waals surface area contributed by atoms with Gasteiger partial charge in [0.15, 0.2) is 0 Å². The van der Waals surface area contributed by atoms with Crippen molar-refractivity contribution < 1.29 is 0 Å². The van der Waals surface area contributed by atoms with E-state index in [0.717, 1.165) is 0 Å². The number of nitrogens with zero attached hydrogens (tertiary/aromatic N) is 2. The zero-order valence-corrected chi connectivity index (χ0v) is 21.9. The van der Waals surface area contributed by atoms with Gasteiger partial charge < -0.3 is 9.13 Å². The number of hydrogen-bond acceptors (Lipinski definition) is 0. The summed E-state index contributed by atoms with van der Waals surface area (Å²) in [4.78, 5) is 0. The van der Waals surface area contributed by atoms with Crippen LogP contribution < -0.4 is 5.19 Å². The molecule has 0 unspecified atom stereocenters. The van der Waals surface area contributed by atoms with Gasteiger partial charge in [0.25, 0.3) is 0 Å². The second-order valence-corrected chi connectivity index (χ2v) is 15.8. The van der Waals surface area contributed by atoms with Crippen molar-refractivity contribution >= 4 is 56.9 Å². The fraction of sp³-hybridized carbons (Fsp3) is 0.0909. The fourth-order valence-corrected chi connectivity index (χ4v) is 6.85. The van der Waals surface area contributed by atoms with E-state index >= 15 is 0 Å². The molecule has 0 aliphatic carbocycles. The highest BCUT2D eigenvalue weighted by molar-refractivity contribution is 6.88. The Morgan fingerprint density at radius 2 is 0.722 bits per heavy atom. The summed E-state index contributed by atoms with van der Waals surface area (Å²) in [6, 6.07) is 42.3. The first-order valence-corrected chi connectivity index (χ1v) is 16.1. The van der Waals surface area contributed by atoms with Crippen LogP contribution >= 0.6 is 0 Å². The van der Waals surface area contributed by atoms with Crippen LogP contribution in [0.3, 0.4) is 0 Å². The van der Waals surface area contributed by atoms with Gasteiger partial charge in [-0.05, 0) is 42.5 Å². The summed E-state index contributed by atoms with van der Waals surface area (Å²) < 4.78 is 4.90. The SMILES string of the molecule is C[Si](C)(C)c1cc(-n2c3ccccc3c3ccccc32)cc(-n2c3ccccc3c3ccccc32)c1. The average molecular weight is 481 g/mol.